The SMILES string of the molecule is CC1(C(=O)NC2CC(O)C2)CCCNC1. The monoisotopic (exact) mass is 212 g/mol. The van der Waals surface area contributed by atoms with E-state index in [0.29, 0.717) is 0 Å². The molecule has 1 atom stereocenters. The molecule has 0 aromatic heterocycles. The summed E-state index contributed by atoms with van der Waals surface area (Å²) in [6.45, 7) is 3.81. The molecule has 3 N–H and O–H groups in total. The molecule has 0 spiro atoms. The Labute approximate surface area is 90.4 Å². The summed E-state index contributed by atoms with van der Waals surface area (Å²) < 4.78 is 0. The highest BCUT2D eigenvalue weighted by atomic mass is 16.3. The number of piperidine rings is 1. The van der Waals surface area contributed by atoms with Crippen molar-refractivity contribution in [3.05, 3.63) is 0 Å². The van der Waals surface area contributed by atoms with Crippen LogP contribution in [0, 0.1) is 5.41 Å². The zero-order valence-electron chi connectivity index (χ0n) is 9.25. The lowest BCUT2D eigenvalue weighted by Crippen LogP contribution is -2.54. The van der Waals surface area contributed by atoms with E-state index in [1.54, 1.807) is 0 Å². The van der Waals surface area contributed by atoms with Crippen LogP contribution < -0.4 is 10.6 Å². The molecule has 1 aliphatic heterocycles. The first kappa shape index (κ1) is 10.9. The third-order valence-electron chi connectivity index (χ3n) is 3.59. The van der Waals surface area contributed by atoms with Crippen molar-refractivity contribution >= 4 is 5.91 Å². The fourth-order valence-electron chi connectivity index (χ4n) is 2.32. The van der Waals surface area contributed by atoms with Gasteiger partial charge in [0.05, 0.1) is 11.5 Å². The summed E-state index contributed by atoms with van der Waals surface area (Å²) in [5.74, 6) is 0.145. The van der Waals surface area contributed by atoms with Gasteiger partial charge < -0.3 is 15.7 Å². The molecule has 1 heterocycles. The molecule has 0 radical (unpaired) electrons. The summed E-state index contributed by atoms with van der Waals surface area (Å²) in [7, 11) is 0. The Kier molecular flexibility index (Phi) is 2.98. The molecular weight excluding hydrogens is 192 g/mol. The van der Waals surface area contributed by atoms with E-state index in [4.69, 9.17) is 5.11 Å². The lowest BCUT2D eigenvalue weighted by atomic mass is 9.80. The molecule has 1 amide bonds. The second-order valence-electron chi connectivity index (χ2n) is 5.14. The van der Waals surface area contributed by atoms with E-state index in [9.17, 15) is 4.79 Å². The molecule has 1 saturated heterocycles. The maximum absolute atomic E-state index is 12.0. The molecule has 15 heavy (non-hydrogen) atoms. The van der Waals surface area contributed by atoms with Gasteiger partial charge in [-0.2, -0.15) is 0 Å². The zero-order valence-corrected chi connectivity index (χ0v) is 9.25. The summed E-state index contributed by atoms with van der Waals surface area (Å²) in [4.78, 5) is 12.0. The van der Waals surface area contributed by atoms with Crippen molar-refractivity contribution in [1.82, 2.24) is 10.6 Å². The van der Waals surface area contributed by atoms with Gasteiger partial charge in [-0.1, -0.05) is 0 Å². The number of aliphatic hydroxyl groups excluding tert-OH is 1. The van der Waals surface area contributed by atoms with E-state index >= 15 is 0 Å². The standard InChI is InChI=1S/C11H20N2O2/c1-11(3-2-4-12-7-11)10(15)13-8-5-9(14)6-8/h8-9,12,14H,2-7H2,1H3,(H,13,15). The molecule has 2 fully saturated rings. The highest BCUT2D eigenvalue weighted by Crippen LogP contribution is 2.27. The largest absolute Gasteiger partial charge is 0.393 e. The fraction of sp³-hybridized carbons (Fsp3) is 0.909. The van der Waals surface area contributed by atoms with Crippen molar-refractivity contribution in [3.63, 3.8) is 0 Å². The number of nitrogens with one attached hydrogen (secondary N) is 2. The number of aliphatic hydroxyl groups is 1. The van der Waals surface area contributed by atoms with Crippen LogP contribution in [0.25, 0.3) is 0 Å². The van der Waals surface area contributed by atoms with Crippen LogP contribution in [0.3, 0.4) is 0 Å². The third kappa shape index (κ3) is 2.32. The first-order valence-electron chi connectivity index (χ1n) is 5.80. The predicted octanol–water partition coefficient (Wildman–Crippen LogP) is 0.0156. The van der Waals surface area contributed by atoms with Gasteiger partial charge in [-0.05, 0) is 39.2 Å². The summed E-state index contributed by atoms with van der Waals surface area (Å²) >= 11 is 0. The average Bonchev–Trinajstić information content (AvgIpc) is 2.16. The second-order valence-corrected chi connectivity index (χ2v) is 5.14. The molecule has 1 unspecified atom stereocenters. The van der Waals surface area contributed by atoms with Gasteiger partial charge in [0, 0.05) is 12.6 Å². The van der Waals surface area contributed by atoms with Gasteiger partial charge in [-0.3, -0.25) is 4.79 Å². The number of carbonyl (C=O) groups excluding carboxylic acids is 1. The average molecular weight is 212 g/mol. The Balaban J connectivity index is 1.83. The summed E-state index contributed by atoms with van der Waals surface area (Å²) in [5, 5.41) is 15.4. The van der Waals surface area contributed by atoms with Gasteiger partial charge in [-0.25, -0.2) is 0 Å². The van der Waals surface area contributed by atoms with Crippen molar-refractivity contribution in [1.29, 1.82) is 0 Å². The van der Waals surface area contributed by atoms with E-state index < -0.39 is 0 Å². The quantitative estimate of drug-likeness (QED) is 0.604. The van der Waals surface area contributed by atoms with Crippen molar-refractivity contribution in [2.24, 2.45) is 5.41 Å². The zero-order chi connectivity index (χ0) is 10.9. The van der Waals surface area contributed by atoms with E-state index in [2.05, 4.69) is 10.6 Å². The minimum absolute atomic E-state index is 0.145. The molecule has 86 valence electrons. The van der Waals surface area contributed by atoms with Crippen LogP contribution in [0.2, 0.25) is 0 Å². The Morgan fingerprint density at radius 1 is 1.53 bits per heavy atom. The van der Waals surface area contributed by atoms with E-state index in [0.717, 1.165) is 38.8 Å². The fourth-order valence-corrected chi connectivity index (χ4v) is 2.32. The van der Waals surface area contributed by atoms with Crippen molar-refractivity contribution < 1.29 is 9.90 Å². The number of rotatable bonds is 2. The maximum Gasteiger partial charge on any atom is 0.227 e. The van der Waals surface area contributed by atoms with Gasteiger partial charge >= 0.3 is 0 Å². The first-order valence-corrected chi connectivity index (χ1v) is 5.80. The third-order valence-corrected chi connectivity index (χ3v) is 3.59. The maximum atomic E-state index is 12.0. The molecular formula is C11H20N2O2. The van der Waals surface area contributed by atoms with Crippen molar-refractivity contribution in [2.75, 3.05) is 13.1 Å². The molecule has 0 bridgehead atoms. The van der Waals surface area contributed by atoms with Crippen LogP contribution in [0.15, 0.2) is 0 Å². The summed E-state index contributed by atoms with van der Waals surface area (Å²) in [6.07, 6.45) is 3.26. The predicted molar refractivity (Wildman–Crippen MR) is 57.4 cm³/mol. The number of hydrogen-bond donors (Lipinski definition) is 3. The van der Waals surface area contributed by atoms with Crippen LogP contribution in [0.1, 0.15) is 32.6 Å². The van der Waals surface area contributed by atoms with Gasteiger partial charge in [0.1, 0.15) is 0 Å². The van der Waals surface area contributed by atoms with Crippen LogP contribution in [0.4, 0.5) is 0 Å². The highest BCUT2D eigenvalue weighted by Gasteiger charge is 2.37. The Morgan fingerprint density at radius 3 is 2.80 bits per heavy atom. The Hall–Kier alpha value is -0.610. The Bertz CT molecular complexity index is 243. The van der Waals surface area contributed by atoms with Gasteiger partial charge in [-0.15, -0.1) is 0 Å². The molecule has 0 aromatic carbocycles. The molecule has 2 rings (SSSR count). The molecule has 0 aromatic rings. The van der Waals surface area contributed by atoms with Crippen LogP contribution in [-0.4, -0.2) is 36.2 Å². The summed E-state index contributed by atoms with van der Waals surface area (Å²) in [5.41, 5.74) is -0.251. The topological polar surface area (TPSA) is 61.4 Å². The minimum Gasteiger partial charge on any atom is -0.393 e. The van der Waals surface area contributed by atoms with E-state index in [-0.39, 0.29) is 23.5 Å². The van der Waals surface area contributed by atoms with Gasteiger partial charge in [0.15, 0.2) is 0 Å². The number of amides is 1. The van der Waals surface area contributed by atoms with Crippen LogP contribution in [0.5, 0.6) is 0 Å². The van der Waals surface area contributed by atoms with E-state index in [1.165, 1.54) is 0 Å². The first-order chi connectivity index (χ1) is 7.10. The van der Waals surface area contributed by atoms with Crippen molar-refractivity contribution in [3.8, 4) is 0 Å². The van der Waals surface area contributed by atoms with Crippen LogP contribution >= 0.6 is 0 Å². The second kappa shape index (κ2) is 4.10. The minimum atomic E-state index is -0.251. The number of hydrogen-bond acceptors (Lipinski definition) is 3. The highest BCUT2D eigenvalue weighted by molar-refractivity contribution is 5.83. The van der Waals surface area contributed by atoms with Gasteiger partial charge in [0.2, 0.25) is 5.91 Å². The van der Waals surface area contributed by atoms with Crippen LogP contribution in [-0.2, 0) is 4.79 Å². The Morgan fingerprint density at radius 2 is 2.27 bits per heavy atom. The molecule has 2 aliphatic rings. The smallest absolute Gasteiger partial charge is 0.227 e. The van der Waals surface area contributed by atoms with Gasteiger partial charge in [0.25, 0.3) is 0 Å². The normalized spacial score (nSPS) is 40.7. The van der Waals surface area contributed by atoms with E-state index in [1.807, 2.05) is 6.92 Å². The molecule has 1 aliphatic carbocycles. The molecule has 4 heteroatoms. The summed E-state index contributed by atoms with van der Waals surface area (Å²) in [6, 6.07) is 0.200. The lowest BCUT2D eigenvalue weighted by Gasteiger charge is -2.38. The number of carbonyl (C=O) groups is 1. The molecule has 1 saturated carbocycles. The molecule has 4 nitrogen and oxygen atoms in total. The van der Waals surface area contributed by atoms with Crippen molar-refractivity contribution in [2.45, 2.75) is 44.8 Å². The lowest BCUT2D eigenvalue weighted by molar-refractivity contribution is -0.133.